The van der Waals surface area contributed by atoms with Crippen molar-refractivity contribution >= 4 is 53.4 Å². The summed E-state index contributed by atoms with van der Waals surface area (Å²) in [6, 6.07) is 16.6. The number of benzene rings is 2. The molecule has 0 radical (unpaired) electrons. The Balaban J connectivity index is 0.00000363. The Labute approximate surface area is 211 Å². The van der Waals surface area contributed by atoms with Crippen LogP contribution in [0.5, 0.6) is 0 Å². The van der Waals surface area contributed by atoms with Gasteiger partial charge in [0.1, 0.15) is 0 Å². The van der Waals surface area contributed by atoms with Crippen LogP contribution in [0.1, 0.15) is 15.9 Å². The number of hydrogen-bond acceptors (Lipinski definition) is 3. The first-order chi connectivity index (χ1) is 15.1. The van der Waals surface area contributed by atoms with E-state index in [0.29, 0.717) is 56.3 Å². The van der Waals surface area contributed by atoms with Gasteiger partial charge in [0.2, 0.25) is 5.91 Å². The molecule has 1 saturated heterocycles. The van der Waals surface area contributed by atoms with Crippen molar-refractivity contribution in [3.8, 4) is 0 Å². The lowest BCUT2D eigenvalue weighted by atomic mass is 10.1. The van der Waals surface area contributed by atoms with Crippen LogP contribution in [0.25, 0.3) is 0 Å². The molecule has 32 heavy (non-hydrogen) atoms. The first-order valence-corrected chi connectivity index (χ1v) is 10.8. The SMILES string of the molecule is CN=C(NCCNC(=O)c1ccccc1)N1CCN(C(=O)Cc2cccc(Cl)c2)CC1.I. The summed E-state index contributed by atoms with van der Waals surface area (Å²) in [7, 11) is 1.74. The molecule has 2 aromatic rings. The van der Waals surface area contributed by atoms with Gasteiger partial charge < -0.3 is 20.4 Å². The highest BCUT2D eigenvalue weighted by molar-refractivity contribution is 14.0. The van der Waals surface area contributed by atoms with E-state index in [1.165, 1.54) is 0 Å². The Bertz CT molecular complexity index is 918. The fourth-order valence-electron chi connectivity index (χ4n) is 3.48. The second-order valence-corrected chi connectivity index (χ2v) is 7.71. The number of aliphatic imine (C=N–C) groups is 1. The Kier molecular flexibility index (Phi) is 10.8. The number of rotatable bonds is 6. The minimum absolute atomic E-state index is 0. The maximum atomic E-state index is 12.6. The average Bonchev–Trinajstić information content (AvgIpc) is 2.80. The highest BCUT2D eigenvalue weighted by Crippen LogP contribution is 2.13. The number of hydrogen-bond donors (Lipinski definition) is 2. The van der Waals surface area contributed by atoms with Crippen LogP contribution in [0.3, 0.4) is 0 Å². The number of carbonyl (C=O) groups is 2. The van der Waals surface area contributed by atoms with Crippen molar-refractivity contribution in [1.29, 1.82) is 0 Å². The standard InChI is InChI=1S/C23H28ClN5O2.HI/c1-25-23(27-11-10-26-22(31)19-7-3-2-4-8-19)29-14-12-28(13-15-29)21(30)17-18-6-5-9-20(24)16-18;/h2-9,16H,10-15,17H2,1H3,(H,25,27)(H,26,31);1H. The smallest absolute Gasteiger partial charge is 0.251 e. The van der Waals surface area contributed by atoms with E-state index in [1.807, 2.05) is 41.3 Å². The molecule has 2 amide bonds. The zero-order valence-electron chi connectivity index (χ0n) is 18.1. The predicted molar refractivity (Wildman–Crippen MR) is 139 cm³/mol. The van der Waals surface area contributed by atoms with Crippen molar-refractivity contribution in [2.75, 3.05) is 46.3 Å². The van der Waals surface area contributed by atoms with E-state index >= 15 is 0 Å². The lowest BCUT2D eigenvalue weighted by molar-refractivity contribution is -0.131. The maximum absolute atomic E-state index is 12.6. The third-order valence-corrected chi connectivity index (χ3v) is 5.35. The van der Waals surface area contributed by atoms with Crippen molar-refractivity contribution in [1.82, 2.24) is 20.4 Å². The molecule has 172 valence electrons. The zero-order valence-corrected chi connectivity index (χ0v) is 21.2. The van der Waals surface area contributed by atoms with E-state index in [0.717, 1.165) is 11.5 Å². The molecule has 9 heteroatoms. The van der Waals surface area contributed by atoms with Crippen molar-refractivity contribution in [3.05, 3.63) is 70.7 Å². The van der Waals surface area contributed by atoms with Crippen molar-refractivity contribution in [3.63, 3.8) is 0 Å². The van der Waals surface area contributed by atoms with Crippen LogP contribution in [0.2, 0.25) is 5.02 Å². The summed E-state index contributed by atoms with van der Waals surface area (Å²) >= 11 is 6.01. The van der Waals surface area contributed by atoms with E-state index in [9.17, 15) is 9.59 Å². The van der Waals surface area contributed by atoms with Gasteiger partial charge in [-0.05, 0) is 29.8 Å². The maximum Gasteiger partial charge on any atom is 0.251 e. The summed E-state index contributed by atoms with van der Waals surface area (Å²) in [5, 5.41) is 6.82. The molecular formula is C23H29ClIN5O2. The highest BCUT2D eigenvalue weighted by atomic mass is 127. The Morgan fingerprint density at radius 3 is 2.25 bits per heavy atom. The second-order valence-electron chi connectivity index (χ2n) is 7.27. The van der Waals surface area contributed by atoms with Gasteiger partial charge >= 0.3 is 0 Å². The molecule has 0 saturated carbocycles. The third-order valence-electron chi connectivity index (χ3n) is 5.12. The van der Waals surface area contributed by atoms with Gasteiger partial charge in [0.05, 0.1) is 6.42 Å². The van der Waals surface area contributed by atoms with Gasteiger partial charge in [0.15, 0.2) is 5.96 Å². The van der Waals surface area contributed by atoms with Crippen molar-refractivity contribution in [2.45, 2.75) is 6.42 Å². The van der Waals surface area contributed by atoms with E-state index in [1.54, 1.807) is 25.2 Å². The quantitative estimate of drug-likeness (QED) is 0.243. The molecule has 2 aromatic carbocycles. The molecule has 1 aliphatic heterocycles. The lowest BCUT2D eigenvalue weighted by Crippen LogP contribution is -2.54. The fourth-order valence-corrected chi connectivity index (χ4v) is 3.69. The van der Waals surface area contributed by atoms with E-state index < -0.39 is 0 Å². The molecule has 0 aliphatic carbocycles. The molecule has 1 aliphatic rings. The van der Waals surface area contributed by atoms with Crippen molar-refractivity contribution in [2.24, 2.45) is 4.99 Å². The summed E-state index contributed by atoms with van der Waals surface area (Å²) in [5.74, 6) is 0.786. The first kappa shape index (κ1) is 25.9. The largest absolute Gasteiger partial charge is 0.354 e. The molecule has 0 unspecified atom stereocenters. The summed E-state index contributed by atoms with van der Waals surface area (Å²) in [6.07, 6.45) is 0.356. The summed E-state index contributed by atoms with van der Waals surface area (Å²) < 4.78 is 0. The lowest BCUT2D eigenvalue weighted by Gasteiger charge is -2.36. The van der Waals surface area contributed by atoms with Crippen molar-refractivity contribution < 1.29 is 9.59 Å². The minimum atomic E-state index is -0.0933. The Morgan fingerprint density at radius 1 is 0.938 bits per heavy atom. The second kappa shape index (κ2) is 13.3. The van der Waals surface area contributed by atoms with Gasteiger partial charge in [0, 0.05) is 56.9 Å². The number of amides is 2. The van der Waals surface area contributed by atoms with Gasteiger partial charge in [-0.3, -0.25) is 14.6 Å². The van der Waals surface area contributed by atoms with Gasteiger partial charge in [-0.25, -0.2) is 0 Å². The van der Waals surface area contributed by atoms with Crippen LogP contribution in [-0.4, -0.2) is 73.9 Å². The first-order valence-electron chi connectivity index (χ1n) is 10.4. The minimum Gasteiger partial charge on any atom is -0.354 e. The molecule has 0 bridgehead atoms. The normalized spacial score (nSPS) is 13.9. The predicted octanol–water partition coefficient (Wildman–Crippen LogP) is 2.65. The van der Waals surface area contributed by atoms with Gasteiger partial charge in [-0.2, -0.15) is 0 Å². The van der Waals surface area contributed by atoms with Gasteiger partial charge in [-0.1, -0.05) is 41.9 Å². The van der Waals surface area contributed by atoms with Crippen LogP contribution >= 0.6 is 35.6 Å². The number of nitrogens with zero attached hydrogens (tertiary/aromatic N) is 3. The van der Waals surface area contributed by atoms with Gasteiger partial charge in [0.25, 0.3) is 5.91 Å². The van der Waals surface area contributed by atoms with E-state index in [2.05, 4.69) is 20.5 Å². The molecule has 0 aromatic heterocycles. The van der Waals surface area contributed by atoms with Crippen LogP contribution in [-0.2, 0) is 11.2 Å². The van der Waals surface area contributed by atoms with Crippen LogP contribution in [0, 0.1) is 0 Å². The fraction of sp³-hybridized carbons (Fsp3) is 0.348. The highest BCUT2D eigenvalue weighted by Gasteiger charge is 2.23. The molecule has 0 atom stereocenters. The van der Waals surface area contributed by atoms with Crippen LogP contribution < -0.4 is 10.6 Å². The summed E-state index contributed by atoms with van der Waals surface area (Å²) in [5.41, 5.74) is 1.57. The molecular weight excluding hydrogens is 541 g/mol. The molecule has 7 nitrogen and oxygen atoms in total. The number of piperazine rings is 1. The van der Waals surface area contributed by atoms with E-state index in [4.69, 9.17) is 11.6 Å². The molecule has 3 rings (SSSR count). The molecule has 2 N–H and O–H groups in total. The number of nitrogens with one attached hydrogen (secondary N) is 2. The Hall–Kier alpha value is -2.33. The summed E-state index contributed by atoms with van der Waals surface area (Å²) in [6.45, 7) is 3.76. The molecule has 1 fully saturated rings. The average molecular weight is 570 g/mol. The van der Waals surface area contributed by atoms with Gasteiger partial charge in [-0.15, -0.1) is 24.0 Å². The Morgan fingerprint density at radius 2 is 1.59 bits per heavy atom. The number of carbonyl (C=O) groups excluding carboxylic acids is 2. The van der Waals surface area contributed by atoms with Crippen LogP contribution in [0.4, 0.5) is 0 Å². The molecule has 0 spiro atoms. The summed E-state index contributed by atoms with van der Waals surface area (Å²) in [4.78, 5) is 33.0. The molecule has 1 heterocycles. The topological polar surface area (TPSA) is 77.0 Å². The number of guanidine groups is 1. The van der Waals surface area contributed by atoms with Crippen LogP contribution in [0.15, 0.2) is 59.6 Å². The monoisotopic (exact) mass is 569 g/mol. The number of halogens is 2. The van der Waals surface area contributed by atoms with E-state index in [-0.39, 0.29) is 35.8 Å². The zero-order chi connectivity index (χ0) is 22.1. The third kappa shape index (κ3) is 7.67.